The molecule has 8 heteroatoms. The van der Waals surface area contributed by atoms with Crippen LogP contribution in [0.4, 0.5) is 9.18 Å². The number of amides is 3. The van der Waals surface area contributed by atoms with Gasteiger partial charge in [-0.3, -0.25) is 10.1 Å². The molecule has 0 aromatic heterocycles. The molecule has 0 saturated carbocycles. The summed E-state index contributed by atoms with van der Waals surface area (Å²) in [6.45, 7) is 1.47. The first-order valence-electron chi connectivity index (χ1n) is 8.10. The van der Waals surface area contributed by atoms with Crippen molar-refractivity contribution in [3.63, 3.8) is 0 Å². The van der Waals surface area contributed by atoms with E-state index in [4.69, 9.17) is 9.47 Å². The number of imide groups is 1. The summed E-state index contributed by atoms with van der Waals surface area (Å²) in [5.74, 6) is -1.63. The highest BCUT2D eigenvalue weighted by atomic mass is 19.1. The van der Waals surface area contributed by atoms with Crippen LogP contribution in [0.5, 0.6) is 5.75 Å². The maximum Gasteiger partial charge on any atom is 0.342 e. The van der Waals surface area contributed by atoms with E-state index in [1.165, 1.54) is 32.2 Å². The Morgan fingerprint density at radius 2 is 1.74 bits per heavy atom. The SMILES string of the molecule is CNC(=O)NC(=O)C(C)OC(=O)c1ccccc1OCc1ccc(F)cc1. The Morgan fingerprint density at radius 1 is 1.07 bits per heavy atom. The molecule has 1 unspecified atom stereocenters. The van der Waals surface area contributed by atoms with Crippen LogP contribution >= 0.6 is 0 Å². The van der Waals surface area contributed by atoms with Gasteiger partial charge in [0.2, 0.25) is 0 Å². The second-order valence-electron chi connectivity index (χ2n) is 5.53. The summed E-state index contributed by atoms with van der Waals surface area (Å²) >= 11 is 0. The van der Waals surface area contributed by atoms with Crippen LogP contribution in [0.1, 0.15) is 22.8 Å². The van der Waals surface area contributed by atoms with E-state index >= 15 is 0 Å². The van der Waals surface area contributed by atoms with Crippen molar-refractivity contribution in [1.29, 1.82) is 0 Å². The molecule has 142 valence electrons. The maximum absolute atomic E-state index is 12.9. The van der Waals surface area contributed by atoms with Gasteiger partial charge in [-0.05, 0) is 36.8 Å². The second-order valence-corrected chi connectivity index (χ2v) is 5.53. The van der Waals surface area contributed by atoms with Gasteiger partial charge < -0.3 is 14.8 Å². The van der Waals surface area contributed by atoms with E-state index < -0.39 is 24.0 Å². The van der Waals surface area contributed by atoms with Gasteiger partial charge in [0.1, 0.15) is 23.7 Å². The zero-order valence-corrected chi connectivity index (χ0v) is 14.8. The Bertz CT molecular complexity index is 823. The lowest BCUT2D eigenvalue weighted by Gasteiger charge is -2.15. The van der Waals surface area contributed by atoms with Crippen LogP contribution in [0.15, 0.2) is 48.5 Å². The van der Waals surface area contributed by atoms with Crippen LogP contribution < -0.4 is 15.4 Å². The molecule has 2 N–H and O–H groups in total. The molecule has 0 radical (unpaired) electrons. The van der Waals surface area contributed by atoms with Crippen molar-refractivity contribution in [3.05, 3.63) is 65.5 Å². The van der Waals surface area contributed by atoms with Crippen molar-refractivity contribution < 1.29 is 28.2 Å². The van der Waals surface area contributed by atoms with E-state index in [0.29, 0.717) is 0 Å². The second kappa shape index (κ2) is 9.33. The fourth-order valence-corrected chi connectivity index (χ4v) is 2.06. The molecular weight excluding hydrogens is 355 g/mol. The van der Waals surface area contributed by atoms with Gasteiger partial charge in [0, 0.05) is 7.05 Å². The van der Waals surface area contributed by atoms with Gasteiger partial charge in [-0.2, -0.15) is 0 Å². The third-order valence-electron chi connectivity index (χ3n) is 3.53. The van der Waals surface area contributed by atoms with Crippen molar-refractivity contribution in [2.45, 2.75) is 19.6 Å². The predicted molar refractivity (Wildman–Crippen MR) is 94.6 cm³/mol. The number of carbonyl (C=O) groups excluding carboxylic acids is 3. The van der Waals surface area contributed by atoms with E-state index in [1.807, 2.05) is 5.32 Å². The zero-order valence-electron chi connectivity index (χ0n) is 14.8. The first-order chi connectivity index (χ1) is 12.9. The number of nitrogens with one attached hydrogen (secondary N) is 2. The number of benzene rings is 2. The minimum Gasteiger partial charge on any atom is -0.488 e. The fraction of sp³-hybridized carbons (Fsp3) is 0.211. The molecule has 2 aromatic rings. The molecule has 27 heavy (non-hydrogen) atoms. The quantitative estimate of drug-likeness (QED) is 0.758. The van der Waals surface area contributed by atoms with E-state index in [1.54, 1.807) is 30.3 Å². The number of carbonyl (C=O) groups is 3. The summed E-state index contributed by atoms with van der Waals surface area (Å²) < 4.78 is 23.7. The molecule has 0 bridgehead atoms. The lowest BCUT2D eigenvalue weighted by molar-refractivity contribution is -0.127. The van der Waals surface area contributed by atoms with Crippen molar-refractivity contribution in [3.8, 4) is 5.75 Å². The van der Waals surface area contributed by atoms with Crippen molar-refractivity contribution in [2.24, 2.45) is 0 Å². The Morgan fingerprint density at radius 3 is 2.41 bits per heavy atom. The standard InChI is InChI=1S/C19H19FN2O5/c1-12(17(23)22-19(25)21-2)27-18(24)15-5-3-4-6-16(15)26-11-13-7-9-14(20)10-8-13/h3-10,12H,11H2,1-2H3,(H2,21,22,23,25). The van der Waals surface area contributed by atoms with E-state index in [2.05, 4.69) is 5.32 Å². The average Bonchev–Trinajstić information content (AvgIpc) is 2.67. The number of urea groups is 1. The molecule has 7 nitrogen and oxygen atoms in total. The number of hydrogen-bond donors (Lipinski definition) is 2. The molecule has 3 amide bonds. The number of rotatable bonds is 6. The van der Waals surface area contributed by atoms with Gasteiger partial charge in [0.15, 0.2) is 6.10 Å². The molecule has 0 aliphatic rings. The number of ether oxygens (including phenoxy) is 2. The molecular formula is C19H19FN2O5. The average molecular weight is 374 g/mol. The number of halogens is 1. The molecule has 0 spiro atoms. The molecule has 0 heterocycles. The van der Waals surface area contributed by atoms with Gasteiger partial charge in [-0.15, -0.1) is 0 Å². The Kier molecular flexibility index (Phi) is 6.87. The summed E-state index contributed by atoms with van der Waals surface area (Å²) in [5.41, 5.74) is 0.845. The Balaban J connectivity index is 2.03. The number of hydrogen-bond acceptors (Lipinski definition) is 5. The van der Waals surface area contributed by atoms with Crippen LogP contribution in [0, 0.1) is 5.82 Å². The van der Waals surface area contributed by atoms with Gasteiger partial charge >= 0.3 is 12.0 Å². The molecule has 2 rings (SSSR count). The first-order valence-corrected chi connectivity index (χ1v) is 8.10. The van der Waals surface area contributed by atoms with Crippen LogP contribution in [-0.4, -0.2) is 31.1 Å². The normalized spacial score (nSPS) is 11.2. The molecule has 1 atom stereocenters. The van der Waals surface area contributed by atoms with Gasteiger partial charge in [-0.25, -0.2) is 14.0 Å². The Hall–Kier alpha value is -3.42. The molecule has 0 aliphatic heterocycles. The third kappa shape index (κ3) is 5.81. The summed E-state index contributed by atoms with van der Waals surface area (Å²) in [5, 5.41) is 4.25. The van der Waals surface area contributed by atoms with Crippen molar-refractivity contribution in [1.82, 2.24) is 10.6 Å². The van der Waals surface area contributed by atoms with Crippen molar-refractivity contribution in [2.75, 3.05) is 7.05 Å². The summed E-state index contributed by atoms with van der Waals surface area (Å²) in [4.78, 5) is 35.3. The van der Waals surface area contributed by atoms with Crippen LogP contribution in [-0.2, 0) is 16.1 Å². The van der Waals surface area contributed by atoms with E-state index in [9.17, 15) is 18.8 Å². The zero-order chi connectivity index (χ0) is 19.8. The number of para-hydroxylation sites is 1. The van der Waals surface area contributed by atoms with E-state index in [0.717, 1.165) is 5.56 Å². The minimum absolute atomic E-state index is 0.122. The lowest BCUT2D eigenvalue weighted by Crippen LogP contribution is -2.43. The largest absolute Gasteiger partial charge is 0.488 e. The summed E-state index contributed by atoms with van der Waals surface area (Å²) in [6, 6.07) is 11.4. The van der Waals surface area contributed by atoms with Gasteiger partial charge in [0.05, 0.1) is 0 Å². The molecule has 0 aliphatic carbocycles. The maximum atomic E-state index is 12.9. The Labute approximate surface area is 155 Å². The fourth-order valence-electron chi connectivity index (χ4n) is 2.06. The monoisotopic (exact) mass is 374 g/mol. The molecule has 2 aromatic carbocycles. The van der Waals surface area contributed by atoms with E-state index in [-0.39, 0.29) is 23.7 Å². The first kappa shape index (κ1) is 19.9. The third-order valence-corrected chi connectivity index (χ3v) is 3.53. The minimum atomic E-state index is -1.18. The summed E-state index contributed by atoms with van der Waals surface area (Å²) in [7, 11) is 1.36. The van der Waals surface area contributed by atoms with Crippen LogP contribution in [0.3, 0.4) is 0 Å². The number of esters is 1. The van der Waals surface area contributed by atoms with Crippen LogP contribution in [0.2, 0.25) is 0 Å². The molecule has 0 saturated heterocycles. The highest BCUT2D eigenvalue weighted by Gasteiger charge is 2.22. The summed E-state index contributed by atoms with van der Waals surface area (Å²) in [6.07, 6.45) is -1.18. The molecule has 0 fully saturated rings. The highest BCUT2D eigenvalue weighted by Crippen LogP contribution is 2.21. The lowest BCUT2D eigenvalue weighted by atomic mass is 10.2. The highest BCUT2D eigenvalue weighted by molar-refractivity contribution is 5.99. The topological polar surface area (TPSA) is 93.7 Å². The van der Waals surface area contributed by atoms with Crippen LogP contribution in [0.25, 0.3) is 0 Å². The van der Waals surface area contributed by atoms with Crippen molar-refractivity contribution >= 4 is 17.9 Å². The van der Waals surface area contributed by atoms with Gasteiger partial charge in [-0.1, -0.05) is 24.3 Å². The predicted octanol–water partition coefficient (Wildman–Crippen LogP) is 2.41. The van der Waals surface area contributed by atoms with Gasteiger partial charge in [0.25, 0.3) is 5.91 Å². The smallest absolute Gasteiger partial charge is 0.342 e.